The predicted octanol–water partition coefficient (Wildman–Crippen LogP) is 5.15. The maximum Gasteiger partial charge on any atom is 0.261 e. The number of rotatable bonds is 11. The Morgan fingerprint density at radius 1 is 1.06 bits per heavy atom. The van der Waals surface area contributed by atoms with Gasteiger partial charge in [0.05, 0.1) is 11.6 Å². The van der Waals surface area contributed by atoms with Gasteiger partial charge in [-0.1, -0.05) is 45.9 Å². The summed E-state index contributed by atoms with van der Waals surface area (Å²) in [7, 11) is 1.60. The molecule has 0 unspecified atom stereocenters. The number of nitrogens with zero attached hydrogens (tertiary/aromatic N) is 1. The highest BCUT2D eigenvalue weighted by molar-refractivity contribution is 9.10. The van der Waals surface area contributed by atoms with Crippen LogP contribution in [0.15, 0.2) is 46.9 Å². The average Bonchev–Trinajstić information content (AvgIpc) is 2.79. The van der Waals surface area contributed by atoms with E-state index in [-0.39, 0.29) is 25.0 Å². The first-order valence-corrected chi connectivity index (χ1v) is 12.0. The van der Waals surface area contributed by atoms with Crippen molar-refractivity contribution < 1.29 is 19.1 Å². The Balaban J connectivity index is 2.18. The Morgan fingerprint density at radius 2 is 1.79 bits per heavy atom. The van der Waals surface area contributed by atoms with Crippen LogP contribution in [0, 0.1) is 5.92 Å². The van der Waals surface area contributed by atoms with Crippen LogP contribution >= 0.6 is 15.9 Å². The summed E-state index contributed by atoms with van der Waals surface area (Å²) in [5.41, 5.74) is 2.05. The summed E-state index contributed by atoms with van der Waals surface area (Å²) in [6, 6.07) is 12.7. The fraction of sp³-hybridized carbons (Fsp3) is 0.462. The molecular formula is C26H35BrN2O4. The second-order valence-electron chi connectivity index (χ2n) is 8.82. The average molecular weight is 519 g/mol. The van der Waals surface area contributed by atoms with Crippen molar-refractivity contribution in [2.75, 3.05) is 20.3 Å². The van der Waals surface area contributed by atoms with Crippen molar-refractivity contribution in [1.82, 2.24) is 10.2 Å². The van der Waals surface area contributed by atoms with Crippen LogP contribution in [0.1, 0.15) is 51.7 Å². The number of methoxy groups -OCH3 is 1. The summed E-state index contributed by atoms with van der Waals surface area (Å²) in [5.74, 6) is 1.53. The lowest BCUT2D eigenvalue weighted by atomic mass is 10.0. The number of halogens is 1. The van der Waals surface area contributed by atoms with Crippen LogP contribution in [0.4, 0.5) is 0 Å². The third-order valence-electron chi connectivity index (χ3n) is 5.31. The van der Waals surface area contributed by atoms with Gasteiger partial charge in [-0.2, -0.15) is 0 Å². The minimum Gasteiger partial charge on any atom is -0.497 e. The fourth-order valence-electron chi connectivity index (χ4n) is 3.22. The smallest absolute Gasteiger partial charge is 0.261 e. The summed E-state index contributed by atoms with van der Waals surface area (Å²) in [4.78, 5) is 27.5. The monoisotopic (exact) mass is 518 g/mol. The predicted molar refractivity (Wildman–Crippen MR) is 135 cm³/mol. The van der Waals surface area contributed by atoms with E-state index >= 15 is 0 Å². The van der Waals surface area contributed by atoms with Crippen molar-refractivity contribution in [2.24, 2.45) is 5.92 Å². The molecule has 2 rings (SSSR count). The van der Waals surface area contributed by atoms with E-state index < -0.39 is 6.04 Å². The van der Waals surface area contributed by atoms with E-state index in [2.05, 4.69) is 35.1 Å². The standard InChI is InChI=1S/C26H35BrN2O4/c1-17(2)14-28-26(31)19(5)29(15-20-8-7-9-22(12-20)32-6)25(30)16-33-24-11-10-21(18(3)4)13-23(24)27/h7-13,17-19H,14-16H2,1-6H3,(H,28,31)/t19-/m1/s1. The molecule has 0 saturated heterocycles. The molecule has 6 nitrogen and oxygen atoms in total. The molecule has 0 bridgehead atoms. The number of ether oxygens (including phenoxy) is 2. The molecular weight excluding hydrogens is 484 g/mol. The van der Waals surface area contributed by atoms with Crippen LogP contribution < -0.4 is 14.8 Å². The van der Waals surface area contributed by atoms with Gasteiger partial charge in [-0.3, -0.25) is 9.59 Å². The van der Waals surface area contributed by atoms with Gasteiger partial charge in [-0.15, -0.1) is 0 Å². The number of carbonyl (C=O) groups excluding carboxylic acids is 2. The molecule has 2 aromatic carbocycles. The number of hydrogen-bond acceptors (Lipinski definition) is 4. The first-order valence-electron chi connectivity index (χ1n) is 11.2. The zero-order valence-electron chi connectivity index (χ0n) is 20.4. The molecule has 33 heavy (non-hydrogen) atoms. The highest BCUT2D eigenvalue weighted by Gasteiger charge is 2.27. The minimum atomic E-state index is -0.655. The van der Waals surface area contributed by atoms with Gasteiger partial charge in [0.25, 0.3) is 5.91 Å². The molecule has 1 N–H and O–H groups in total. The lowest BCUT2D eigenvalue weighted by molar-refractivity contribution is -0.142. The molecule has 0 fully saturated rings. The molecule has 0 aliphatic rings. The van der Waals surface area contributed by atoms with Crippen LogP contribution in [0.5, 0.6) is 11.5 Å². The highest BCUT2D eigenvalue weighted by Crippen LogP contribution is 2.29. The van der Waals surface area contributed by atoms with Gasteiger partial charge < -0.3 is 19.7 Å². The Bertz CT molecular complexity index is 946. The van der Waals surface area contributed by atoms with Crippen LogP contribution in [0.2, 0.25) is 0 Å². The quantitative estimate of drug-likeness (QED) is 0.446. The van der Waals surface area contributed by atoms with Crippen molar-refractivity contribution in [2.45, 2.75) is 53.1 Å². The molecule has 0 spiro atoms. The van der Waals surface area contributed by atoms with Crippen molar-refractivity contribution in [1.29, 1.82) is 0 Å². The van der Waals surface area contributed by atoms with Crippen molar-refractivity contribution in [3.8, 4) is 11.5 Å². The van der Waals surface area contributed by atoms with Gasteiger partial charge in [0, 0.05) is 13.1 Å². The first-order chi connectivity index (χ1) is 15.6. The third kappa shape index (κ3) is 8.07. The lowest BCUT2D eigenvalue weighted by Gasteiger charge is -2.29. The summed E-state index contributed by atoms with van der Waals surface area (Å²) < 4.78 is 11.9. The van der Waals surface area contributed by atoms with Crippen LogP contribution in [-0.4, -0.2) is 43.0 Å². The number of benzene rings is 2. The first kappa shape index (κ1) is 26.7. The SMILES string of the molecule is COc1cccc(CN(C(=O)COc2ccc(C(C)C)cc2Br)[C@H](C)C(=O)NCC(C)C)c1. The van der Waals surface area contributed by atoms with E-state index in [1.807, 2.05) is 56.3 Å². The second-order valence-corrected chi connectivity index (χ2v) is 9.68. The summed E-state index contributed by atoms with van der Waals surface area (Å²) in [6.07, 6.45) is 0. The van der Waals surface area contributed by atoms with E-state index in [1.165, 1.54) is 5.56 Å². The normalized spacial score (nSPS) is 11.9. The van der Waals surface area contributed by atoms with Crippen LogP contribution in [-0.2, 0) is 16.1 Å². The van der Waals surface area contributed by atoms with E-state index in [9.17, 15) is 9.59 Å². The van der Waals surface area contributed by atoms with Crippen molar-refractivity contribution in [3.05, 3.63) is 58.1 Å². The minimum absolute atomic E-state index is 0.175. The Hall–Kier alpha value is -2.54. The van der Waals surface area contributed by atoms with Gasteiger partial charge in [0.1, 0.15) is 17.5 Å². The molecule has 2 amide bonds. The van der Waals surface area contributed by atoms with Crippen molar-refractivity contribution in [3.63, 3.8) is 0 Å². The van der Waals surface area contributed by atoms with Gasteiger partial charge in [0.2, 0.25) is 5.91 Å². The molecule has 7 heteroatoms. The highest BCUT2D eigenvalue weighted by atomic mass is 79.9. The number of nitrogens with one attached hydrogen (secondary N) is 1. The summed E-state index contributed by atoms with van der Waals surface area (Å²) in [6.45, 7) is 10.7. The molecule has 0 heterocycles. The lowest BCUT2D eigenvalue weighted by Crippen LogP contribution is -2.49. The number of hydrogen-bond donors (Lipinski definition) is 1. The molecule has 2 aromatic rings. The molecule has 0 aliphatic heterocycles. The van der Waals surface area contributed by atoms with E-state index in [0.717, 1.165) is 10.0 Å². The summed E-state index contributed by atoms with van der Waals surface area (Å²) >= 11 is 3.53. The molecule has 0 radical (unpaired) electrons. The molecule has 0 aromatic heterocycles. The molecule has 0 saturated carbocycles. The molecule has 1 atom stereocenters. The number of carbonyl (C=O) groups is 2. The summed E-state index contributed by atoms with van der Waals surface area (Å²) in [5, 5.41) is 2.92. The van der Waals surface area contributed by atoms with Gasteiger partial charge in [-0.25, -0.2) is 0 Å². The fourth-order valence-corrected chi connectivity index (χ4v) is 3.73. The molecule has 180 valence electrons. The Labute approximate surface area is 205 Å². The van der Waals surface area contributed by atoms with Crippen molar-refractivity contribution >= 4 is 27.7 Å². The van der Waals surface area contributed by atoms with E-state index in [1.54, 1.807) is 18.9 Å². The Kier molecular flexibility index (Phi) is 10.2. The Morgan fingerprint density at radius 3 is 2.39 bits per heavy atom. The number of amides is 2. The van der Waals surface area contributed by atoms with Gasteiger partial charge >= 0.3 is 0 Å². The third-order valence-corrected chi connectivity index (χ3v) is 5.93. The van der Waals surface area contributed by atoms with Gasteiger partial charge in [0.15, 0.2) is 6.61 Å². The zero-order valence-corrected chi connectivity index (χ0v) is 21.9. The second kappa shape index (κ2) is 12.6. The topological polar surface area (TPSA) is 67.9 Å². The van der Waals surface area contributed by atoms with E-state index in [4.69, 9.17) is 9.47 Å². The zero-order chi connectivity index (χ0) is 24.5. The van der Waals surface area contributed by atoms with Crippen LogP contribution in [0.3, 0.4) is 0 Å². The van der Waals surface area contributed by atoms with Crippen LogP contribution in [0.25, 0.3) is 0 Å². The molecule has 0 aliphatic carbocycles. The maximum atomic E-state index is 13.2. The maximum absolute atomic E-state index is 13.2. The largest absolute Gasteiger partial charge is 0.497 e. The van der Waals surface area contributed by atoms with Gasteiger partial charge in [-0.05, 0) is 70.1 Å². The van der Waals surface area contributed by atoms with E-state index in [0.29, 0.717) is 29.9 Å².